The van der Waals surface area contributed by atoms with E-state index in [4.69, 9.17) is 14.0 Å². The van der Waals surface area contributed by atoms with Crippen LogP contribution in [0.1, 0.15) is 43.0 Å². The van der Waals surface area contributed by atoms with Crippen LogP contribution in [0.3, 0.4) is 0 Å². The third-order valence-corrected chi connectivity index (χ3v) is 6.63. The molecular weight excluding hydrogens is 406 g/mol. The van der Waals surface area contributed by atoms with Crippen molar-refractivity contribution in [1.29, 1.82) is 0 Å². The van der Waals surface area contributed by atoms with E-state index in [0.717, 1.165) is 54.9 Å². The van der Waals surface area contributed by atoms with E-state index in [1.165, 1.54) is 0 Å². The summed E-state index contributed by atoms with van der Waals surface area (Å²) in [4.78, 5) is 20.2. The highest BCUT2D eigenvalue weighted by molar-refractivity contribution is 5.91. The van der Waals surface area contributed by atoms with Crippen LogP contribution in [0.5, 0.6) is 11.5 Å². The molecule has 1 aromatic heterocycles. The molecule has 1 amide bonds. The fourth-order valence-electron chi connectivity index (χ4n) is 4.61. The van der Waals surface area contributed by atoms with Gasteiger partial charge in [-0.3, -0.25) is 4.79 Å². The maximum absolute atomic E-state index is 13.5. The van der Waals surface area contributed by atoms with Crippen molar-refractivity contribution in [2.75, 3.05) is 27.3 Å². The summed E-state index contributed by atoms with van der Waals surface area (Å²) in [6, 6.07) is 15.5. The number of hydrogen-bond donors (Lipinski definition) is 0. The maximum atomic E-state index is 13.5. The van der Waals surface area contributed by atoms with Crippen molar-refractivity contribution in [3.8, 4) is 23.0 Å². The number of ether oxygens (including phenoxy) is 2. The molecule has 1 saturated carbocycles. The Bertz CT molecular complexity index is 1100. The Hall–Kier alpha value is -3.35. The van der Waals surface area contributed by atoms with Crippen molar-refractivity contribution in [2.45, 2.75) is 37.0 Å². The predicted octanol–water partition coefficient (Wildman–Crippen LogP) is 4.19. The van der Waals surface area contributed by atoms with Crippen LogP contribution in [-0.2, 0) is 10.2 Å². The van der Waals surface area contributed by atoms with Gasteiger partial charge in [0.1, 0.15) is 11.5 Å². The van der Waals surface area contributed by atoms with Crippen LogP contribution < -0.4 is 9.47 Å². The van der Waals surface area contributed by atoms with E-state index < -0.39 is 5.41 Å². The van der Waals surface area contributed by atoms with Gasteiger partial charge in [0.15, 0.2) is 5.82 Å². The van der Waals surface area contributed by atoms with Gasteiger partial charge in [-0.1, -0.05) is 23.4 Å². The van der Waals surface area contributed by atoms with Crippen LogP contribution in [0.15, 0.2) is 53.1 Å². The van der Waals surface area contributed by atoms with Crippen LogP contribution >= 0.6 is 0 Å². The molecule has 7 heteroatoms. The summed E-state index contributed by atoms with van der Waals surface area (Å²) >= 11 is 0. The van der Waals surface area contributed by atoms with E-state index in [0.29, 0.717) is 18.3 Å². The minimum absolute atomic E-state index is 0.0717. The highest BCUT2D eigenvalue weighted by atomic mass is 16.5. The third-order valence-electron chi connectivity index (χ3n) is 6.63. The van der Waals surface area contributed by atoms with Gasteiger partial charge in [-0.2, -0.15) is 4.98 Å². The van der Waals surface area contributed by atoms with Gasteiger partial charge in [0.2, 0.25) is 5.91 Å². The van der Waals surface area contributed by atoms with Crippen LogP contribution in [-0.4, -0.2) is 48.3 Å². The molecule has 166 valence electrons. The first-order valence-electron chi connectivity index (χ1n) is 11.0. The summed E-state index contributed by atoms with van der Waals surface area (Å²) in [5.74, 6) is 2.96. The largest absolute Gasteiger partial charge is 0.497 e. The molecular formula is C25H27N3O4. The molecule has 2 heterocycles. The summed E-state index contributed by atoms with van der Waals surface area (Å²) in [5.41, 5.74) is 1.51. The Kier molecular flexibility index (Phi) is 5.33. The first-order valence-corrected chi connectivity index (χ1v) is 11.0. The van der Waals surface area contributed by atoms with Crippen molar-refractivity contribution >= 4 is 5.91 Å². The molecule has 7 nitrogen and oxygen atoms in total. The molecule has 1 atom stereocenters. The second kappa shape index (κ2) is 8.30. The normalized spacial score (nSPS) is 19.4. The van der Waals surface area contributed by atoms with Gasteiger partial charge in [0, 0.05) is 24.6 Å². The van der Waals surface area contributed by atoms with E-state index in [1.54, 1.807) is 14.2 Å². The first-order chi connectivity index (χ1) is 15.6. The molecule has 2 aliphatic rings. The van der Waals surface area contributed by atoms with Gasteiger partial charge in [0.05, 0.1) is 19.6 Å². The summed E-state index contributed by atoms with van der Waals surface area (Å²) in [7, 11) is 3.28. The van der Waals surface area contributed by atoms with Crippen molar-refractivity contribution in [3.05, 3.63) is 59.9 Å². The van der Waals surface area contributed by atoms with E-state index in [2.05, 4.69) is 10.1 Å². The molecule has 3 aromatic rings. The molecule has 0 spiro atoms. The number of amides is 1. The second-order valence-electron chi connectivity index (χ2n) is 8.59. The zero-order valence-electron chi connectivity index (χ0n) is 18.4. The molecule has 1 unspecified atom stereocenters. The van der Waals surface area contributed by atoms with Gasteiger partial charge in [-0.05, 0) is 61.6 Å². The van der Waals surface area contributed by atoms with Crippen molar-refractivity contribution in [3.63, 3.8) is 0 Å². The molecule has 32 heavy (non-hydrogen) atoms. The summed E-state index contributed by atoms with van der Waals surface area (Å²) in [5, 5.41) is 4.24. The monoisotopic (exact) mass is 433 g/mol. The van der Waals surface area contributed by atoms with Crippen LogP contribution in [0.4, 0.5) is 0 Å². The van der Waals surface area contributed by atoms with Crippen molar-refractivity contribution in [1.82, 2.24) is 15.0 Å². The SMILES string of the molecule is COc1ccc(C2(C(=O)N3CCCC(c4noc(-c5cccc(OC)c5)n4)C3)CC2)cc1. The average Bonchev–Trinajstić information content (AvgIpc) is 3.52. The average molecular weight is 434 g/mol. The zero-order valence-corrected chi connectivity index (χ0v) is 18.4. The lowest BCUT2D eigenvalue weighted by Gasteiger charge is -2.34. The molecule has 1 aliphatic carbocycles. The fraction of sp³-hybridized carbons (Fsp3) is 0.400. The van der Waals surface area contributed by atoms with Crippen LogP contribution in [0.25, 0.3) is 11.5 Å². The Morgan fingerprint density at radius 1 is 1.09 bits per heavy atom. The third kappa shape index (κ3) is 3.72. The molecule has 0 N–H and O–H groups in total. The molecule has 1 saturated heterocycles. The van der Waals surface area contributed by atoms with E-state index in [9.17, 15) is 4.79 Å². The lowest BCUT2D eigenvalue weighted by molar-refractivity contribution is -0.135. The van der Waals surface area contributed by atoms with Gasteiger partial charge in [-0.15, -0.1) is 0 Å². The predicted molar refractivity (Wildman–Crippen MR) is 119 cm³/mol. The minimum atomic E-state index is -0.392. The Morgan fingerprint density at radius 3 is 2.59 bits per heavy atom. The van der Waals surface area contributed by atoms with Crippen LogP contribution in [0.2, 0.25) is 0 Å². The summed E-state index contributed by atoms with van der Waals surface area (Å²) < 4.78 is 16.1. The topological polar surface area (TPSA) is 77.7 Å². The quantitative estimate of drug-likeness (QED) is 0.580. The Balaban J connectivity index is 1.31. The van der Waals surface area contributed by atoms with Gasteiger partial charge < -0.3 is 18.9 Å². The lowest BCUT2D eigenvalue weighted by atomic mass is 9.91. The number of methoxy groups -OCH3 is 2. The lowest BCUT2D eigenvalue weighted by Crippen LogP contribution is -2.44. The minimum Gasteiger partial charge on any atom is -0.497 e. The highest BCUT2D eigenvalue weighted by Crippen LogP contribution is 2.50. The highest BCUT2D eigenvalue weighted by Gasteiger charge is 2.53. The van der Waals surface area contributed by atoms with Gasteiger partial charge in [0.25, 0.3) is 5.89 Å². The molecule has 1 aliphatic heterocycles. The molecule has 2 aromatic carbocycles. The van der Waals surface area contributed by atoms with Crippen LogP contribution in [0, 0.1) is 0 Å². The second-order valence-corrected chi connectivity index (χ2v) is 8.59. The smallest absolute Gasteiger partial charge is 0.258 e. The Labute approximate surface area is 187 Å². The number of hydrogen-bond acceptors (Lipinski definition) is 6. The van der Waals surface area contributed by atoms with E-state index in [1.807, 2.05) is 53.4 Å². The first kappa shape index (κ1) is 20.5. The molecule has 2 fully saturated rings. The summed E-state index contributed by atoms with van der Waals surface area (Å²) in [6.07, 6.45) is 3.65. The number of rotatable bonds is 6. The number of nitrogens with zero attached hydrogens (tertiary/aromatic N) is 3. The Morgan fingerprint density at radius 2 is 1.88 bits per heavy atom. The van der Waals surface area contributed by atoms with E-state index in [-0.39, 0.29) is 11.8 Å². The number of aromatic nitrogens is 2. The maximum Gasteiger partial charge on any atom is 0.258 e. The number of benzene rings is 2. The molecule has 0 bridgehead atoms. The van der Waals surface area contributed by atoms with Crippen molar-refractivity contribution in [2.24, 2.45) is 0 Å². The van der Waals surface area contributed by atoms with E-state index >= 15 is 0 Å². The number of piperidine rings is 1. The molecule has 5 rings (SSSR count). The standard InChI is InChI=1S/C25H27N3O4/c1-30-20-10-8-19(9-11-20)25(12-13-25)24(29)28-14-4-6-18(16-28)22-26-23(32-27-22)17-5-3-7-21(15-17)31-2/h3,5,7-11,15,18H,4,6,12-14,16H2,1-2H3. The number of carbonyl (C=O) groups is 1. The van der Waals surface area contributed by atoms with Crippen molar-refractivity contribution < 1.29 is 18.8 Å². The number of carbonyl (C=O) groups excluding carboxylic acids is 1. The van der Waals surface area contributed by atoms with Gasteiger partial charge in [-0.25, -0.2) is 0 Å². The van der Waals surface area contributed by atoms with Gasteiger partial charge >= 0.3 is 0 Å². The number of likely N-dealkylation sites (tertiary alicyclic amines) is 1. The molecule has 0 radical (unpaired) electrons. The fourth-order valence-corrected chi connectivity index (χ4v) is 4.61. The summed E-state index contributed by atoms with van der Waals surface area (Å²) in [6.45, 7) is 1.39. The zero-order chi connectivity index (χ0) is 22.1.